The third kappa shape index (κ3) is 2.82. The molecule has 108 valence electrons. The van der Waals surface area contributed by atoms with Gasteiger partial charge in [0.05, 0.1) is 13.0 Å². The van der Waals surface area contributed by atoms with Gasteiger partial charge < -0.3 is 9.29 Å². The van der Waals surface area contributed by atoms with Crippen LogP contribution in [0, 0.1) is 0 Å². The third-order valence-corrected chi connectivity index (χ3v) is 5.13. The van der Waals surface area contributed by atoms with E-state index in [1.807, 2.05) is 42.5 Å². The van der Waals surface area contributed by atoms with E-state index in [0.717, 1.165) is 32.9 Å². The Balaban J connectivity index is 1.89. The number of benzene rings is 2. The molecule has 3 rings (SSSR count). The van der Waals surface area contributed by atoms with Crippen LogP contribution in [0.2, 0.25) is 0 Å². The van der Waals surface area contributed by atoms with Crippen LogP contribution in [0.3, 0.4) is 0 Å². The Hall–Kier alpha value is -1.78. The first-order valence-electron chi connectivity index (χ1n) is 6.96. The highest BCUT2D eigenvalue weighted by Gasteiger charge is 2.28. The van der Waals surface area contributed by atoms with Crippen molar-refractivity contribution in [3.63, 3.8) is 0 Å². The zero-order valence-corrected chi connectivity index (χ0v) is 12.6. The summed E-state index contributed by atoms with van der Waals surface area (Å²) in [6.07, 6.45) is 1.02. The van der Waals surface area contributed by atoms with Crippen LogP contribution in [0.25, 0.3) is 0 Å². The van der Waals surface area contributed by atoms with Crippen molar-refractivity contribution in [2.75, 3.05) is 6.61 Å². The van der Waals surface area contributed by atoms with Gasteiger partial charge in [0.25, 0.3) is 0 Å². The average molecular weight is 300 g/mol. The molecule has 0 aromatic heterocycles. The van der Waals surface area contributed by atoms with Crippen molar-refractivity contribution in [1.82, 2.24) is 0 Å². The second-order valence-electron chi connectivity index (χ2n) is 4.98. The molecule has 1 aliphatic heterocycles. The molecule has 0 amide bonds. The predicted molar refractivity (Wildman–Crippen MR) is 80.7 cm³/mol. The fourth-order valence-corrected chi connectivity index (χ4v) is 3.97. The largest absolute Gasteiger partial charge is 0.606 e. The monoisotopic (exact) mass is 300 g/mol. The Bertz CT molecular complexity index is 681. The summed E-state index contributed by atoms with van der Waals surface area (Å²) in [6.45, 7) is 2.19. The fourth-order valence-electron chi connectivity index (χ4n) is 2.59. The van der Waals surface area contributed by atoms with E-state index in [-0.39, 0.29) is 12.4 Å². The lowest BCUT2D eigenvalue weighted by Crippen LogP contribution is -2.15. The van der Waals surface area contributed by atoms with E-state index in [2.05, 4.69) is 0 Å². The Kier molecular flexibility index (Phi) is 3.99. The molecule has 1 unspecified atom stereocenters. The normalized spacial score (nSPS) is 16.0. The van der Waals surface area contributed by atoms with E-state index in [1.54, 1.807) is 6.92 Å². The summed E-state index contributed by atoms with van der Waals surface area (Å²) in [5, 5.41) is 0. The molecule has 0 saturated carbocycles. The molecule has 21 heavy (non-hydrogen) atoms. The van der Waals surface area contributed by atoms with Crippen LogP contribution >= 0.6 is 0 Å². The maximum Gasteiger partial charge on any atom is 0.310 e. The molecule has 0 saturated heterocycles. The van der Waals surface area contributed by atoms with E-state index in [0.29, 0.717) is 6.61 Å². The first-order chi connectivity index (χ1) is 10.2. The van der Waals surface area contributed by atoms with Crippen molar-refractivity contribution in [3.05, 3.63) is 59.2 Å². The van der Waals surface area contributed by atoms with E-state index in [4.69, 9.17) is 4.74 Å². The smallest absolute Gasteiger partial charge is 0.310 e. The number of hydrogen-bond donors (Lipinski definition) is 0. The van der Waals surface area contributed by atoms with Crippen LogP contribution < -0.4 is 0 Å². The summed E-state index contributed by atoms with van der Waals surface area (Å²) in [7, 11) is 0. The number of esters is 1. The summed E-state index contributed by atoms with van der Waals surface area (Å²) < 4.78 is 17.5. The number of carbonyl (C=O) groups excluding carboxylic acids is 1. The van der Waals surface area contributed by atoms with Crippen LogP contribution in [-0.2, 0) is 33.5 Å². The molecule has 2 aromatic rings. The van der Waals surface area contributed by atoms with Crippen molar-refractivity contribution in [3.8, 4) is 0 Å². The van der Waals surface area contributed by atoms with Crippen LogP contribution in [0.1, 0.15) is 23.6 Å². The van der Waals surface area contributed by atoms with E-state index >= 15 is 0 Å². The number of fused-ring (bicyclic) bond motifs is 2. The molecule has 1 heterocycles. The summed E-state index contributed by atoms with van der Waals surface area (Å²) in [4.78, 5) is 13.3. The second-order valence-corrected chi connectivity index (χ2v) is 6.39. The molecule has 1 atom stereocenters. The fraction of sp³-hybridized carbons (Fsp3) is 0.235. The molecular formula is C17H16O3S. The minimum atomic E-state index is -1.13. The Morgan fingerprint density at radius 1 is 1.19 bits per heavy atom. The number of ether oxygens (including phenoxy) is 1. The minimum Gasteiger partial charge on any atom is -0.606 e. The standard InChI is InChI=1S/C17H16O3S/c1-2-20-17(18)10-12-7-8-16-14(9-12)11-13-5-3-4-6-15(13)21(16)19/h3-9H,2,10-11H2,1H3. The number of carbonyl (C=O) groups is 1. The maximum absolute atomic E-state index is 12.6. The highest BCUT2D eigenvalue weighted by atomic mass is 32.2. The van der Waals surface area contributed by atoms with Gasteiger partial charge in [0.2, 0.25) is 0 Å². The van der Waals surface area contributed by atoms with Gasteiger partial charge >= 0.3 is 5.97 Å². The van der Waals surface area contributed by atoms with Gasteiger partial charge in [0.15, 0.2) is 9.79 Å². The first kappa shape index (κ1) is 14.2. The molecule has 3 nitrogen and oxygen atoms in total. The zero-order chi connectivity index (χ0) is 14.8. The topological polar surface area (TPSA) is 49.4 Å². The van der Waals surface area contributed by atoms with E-state index < -0.39 is 11.2 Å². The third-order valence-electron chi connectivity index (χ3n) is 3.53. The van der Waals surface area contributed by atoms with Gasteiger partial charge in [-0.25, -0.2) is 0 Å². The van der Waals surface area contributed by atoms with Crippen LogP contribution in [0.5, 0.6) is 0 Å². The Morgan fingerprint density at radius 3 is 2.76 bits per heavy atom. The summed E-state index contributed by atoms with van der Waals surface area (Å²) >= 11 is -1.13. The first-order valence-corrected chi connectivity index (χ1v) is 8.11. The van der Waals surface area contributed by atoms with Gasteiger partial charge in [-0.2, -0.15) is 0 Å². The molecule has 0 N–H and O–H groups in total. The molecule has 4 heteroatoms. The van der Waals surface area contributed by atoms with E-state index in [1.165, 1.54) is 0 Å². The summed E-state index contributed by atoms with van der Waals surface area (Å²) in [6, 6.07) is 13.5. The predicted octanol–water partition coefficient (Wildman–Crippen LogP) is 2.86. The molecule has 0 spiro atoms. The van der Waals surface area contributed by atoms with Gasteiger partial charge in [-0.1, -0.05) is 24.3 Å². The lowest BCUT2D eigenvalue weighted by molar-refractivity contribution is -0.142. The minimum absolute atomic E-state index is 0.227. The molecule has 0 bridgehead atoms. The average Bonchev–Trinajstić information content (AvgIpc) is 2.47. The second kappa shape index (κ2) is 5.92. The molecule has 0 aliphatic carbocycles. The molecule has 0 radical (unpaired) electrons. The van der Waals surface area contributed by atoms with Crippen LogP contribution in [-0.4, -0.2) is 17.1 Å². The quantitative estimate of drug-likeness (QED) is 0.647. The molecule has 1 aliphatic rings. The van der Waals surface area contributed by atoms with Crippen molar-refractivity contribution >= 4 is 17.1 Å². The number of hydrogen-bond acceptors (Lipinski definition) is 3. The van der Waals surface area contributed by atoms with E-state index in [9.17, 15) is 9.35 Å². The summed E-state index contributed by atoms with van der Waals surface area (Å²) in [5.74, 6) is -0.227. The van der Waals surface area contributed by atoms with Crippen molar-refractivity contribution in [2.24, 2.45) is 0 Å². The zero-order valence-electron chi connectivity index (χ0n) is 11.8. The Morgan fingerprint density at radius 2 is 1.95 bits per heavy atom. The van der Waals surface area contributed by atoms with Crippen molar-refractivity contribution in [2.45, 2.75) is 29.6 Å². The Labute approximate surface area is 127 Å². The molecule has 0 fully saturated rings. The van der Waals surface area contributed by atoms with Gasteiger partial charge in [0, 0.05) is 28.7 Å². The van der Waals surface area contributed by atoms with Gasteiger partial charge in [-0.05, 0) is 30.7 Å². The van der Waals surface area contributed by atoms with Crippen LogP contribution in [0.4, 0.5) is 0 Å². The highest BCUT2D eigenvalue weighted by Crippen LogP contribution is 2.34. The van der Waals surface area contributed by atoms with Gasteiger partial charge in [-0.3, -0.25) is 4.79 Å². The lowest BCUT2D eigenvalue weighted by atomic mass is 10.0. The van der Waals surface area contributed by atoms with Crippen LogP contribution in [0.15, 0.2) is 52.3 Å². The van der Waals surface area contributed by atoms with Gasteiger partial charge in [-0.15, -0.1) is 0 Å². The SMILES string of the molecule is CCOC(=O)Cc1ccc2c(c1)Cc1ccccc1[S+]2[O-]. The maximum atomic E-state index is 12.6. The molecule has 2 aromatic carbocycles. The summed E-state index contributed by atoms with van der Waals surface area (Å²) in [5.41, 5.74) is 3.04. The van der Waals surface area contributed by atoms with Crippen molar-refractivity contribution in [1.29, 1.82) is 0 Å². The highest BCUT2D eigenvalue weighted by molar-refractivity contribution is 7.91. The van der Waals surface area contributed by atoms with Gasteiger partial charge in [0.1, 0.15) is 0 Å². The lowest BCUT2D eigenvalue weighted by Gasteiger charge is -2.22. The van der Waals surface area contributed by atoms with Crippen molar-refractivity contribution < 1.29 is 14.1 Å². The number of rotatable bonds is 3. The molecular weight excluding hydrogens is 284 g/mol.